The van der Waals surface area contributed by atoms with Crippen LogP contribution in [0.25, 0.3) is 123 Å². The van der Waals surface area contributed by atoms with Gasteiger partial charge >= 0.3 is 0 Å². The van der Waals surface area contributed by atoms with E-state index < -0.39 is 0 Å². The molecule has 6 heterocycles. The Kier molecular flexibility index (Phi) is 14.6. The van der Waals surface area contributed by atoms with Crippen LogP contribution in [0.15, 0.2) is 146 Å². The first-order valence-electron chi connectivity index (χ1n) is 28.1. The third-order valence-corrected chi connectivity index (χ3v) is 23.2. The maximum atomic E-state index is 6.30. The second kappa shape index (κ2) is 22.0. The van der Waals surface area contributed by atoms with Crippen molar-refractivity contribution in [2.45, 2.75) is 92.9 Å². The molecule has 6 aromatic heterocycles. The van der Waals surface area contributed by atoms with Gasteiger partial charge in [-0.15, -0.1) is 68.0 Å². The number of rotatable bonds is 16. The van der Waals surface area contributed by atoms with Crippen molar-refractivity contribution in [1.82, 2.24) is 0 Å². The van der Waals surface area contributed by atoms with E-state index in [9.17, 15) is 0 Å². The molecule has 0 amide bonds. The van der Waals surface area contributed by atoms with Gasteiger partial charge in [0.15, 0.2) is 0 Å². The highest BCUT2D eigenvalue weighted by molar-refractivity contribution is 7.37. The van der Waals surface area contributed by atoms with Gasteiger partial charge in [-0.05, 0) is 190 Å². The van der Waals surface area contributed by atoms with Gasteiger partial charge in [-0.1, -0.05) is 115 Å². The molecule has 0 radical (unpaired) electrons. The zero-order valence-corrected chi connectivity index (χ0v) is 50.2. The fraction of sp³-hybridized carbons (Fsp3) is 0.257. The Hall–Kier alpha value is -5.84. The van der Waals surface area contributed by atoms with Crippen LogP contribution in [0, 0.1) is 25.7 Å². The van der Waals surface area contributed by atoms with Crippen LogP contribution in [-0.2, 0) is 0 Å². The highest BCUT2D eigenvalue weighted by atomic mass is 32.1. The number of unbranched alkanes of at least 4 members (excludes halogenated alkanes) is 2. The molecule has 14 rings (SSSR count). The van der Waals surface area contributed by atoms with Gasteiger partial charge in [-0.3, -0.25) is 0 Å². The van der Waals surface area contributed by atoms with Crippen molar-refractivity contribution in [3.63, 3.8) is 0 Å². The molecule has 0 N–H and O–H groups in total. The molecule has 392 valence electrons. The van der Waals surface area contributed by atoms with Crippen LogP contribution in [0.5, 0.6) is 11.5 Å². The van der Waals surface area contributed by atoms with Crippen LogP contribution in [0.4, 0.5) is 0 Å². The zero-order chi connectivity index (χ0) is 53.0. The molecular weight excluding hydrogens is 1070 g/mol. The van der Waals surface area contributed by atoms with Gasteiger partial charge in [-0.25, -0.2) is 0 Å². The number of ether oxygens (including phenoxy) is 2. The maximum Gasteiger partial charge on any atom is 0.119 e. The van der Waals surface area contributed by atoms with Crippen LogP contribution < -0.4 is 9.47 Å². The van der Waals surface area contributed by atoms with E-state index in [1.807, 2.05) is 68.0 Å². The zero-order valence-electron chi connectivity index (χ0n) is 45.3. The lowest BCUT2D eigenvalue weighted by molar-refractivity contribution is 0.233. The Morgan fingerprint density at radius 3 is 1.03 bits per heavy atom. The van der Waals surface area contributed by atoms with Gasteiger partial charge < -0.3 is 9.47 Å². The summed E-state index contributed by atoms with van der Waals surface area (Å²) in [6.45, 7) is 15.1. The average Bonchev–Trinajstić information content (AvgIpc) is 4.38. The van der Waals surface area contributed by atoms with Gasteiger partial charge in [0.25, 0.3) is 0 Å². The fourth-order valence-electron chi connectivity index (χ4n) is 11.6. The number of thiophene rings is 6. The summed E-state index contributed by atoms with van der Waals surface area (Å²) in [6, 6.07) is 54.7. The second-order valence-corrected chi connectivity index (χ2v) is 28.2. The molecule has 2 nitrogen and oxygen atoms in total. The second-order valence-electron chi connectivity index (χ2n) is 21.4. The Balaban J connectivity index is 0.000000150. The number of aryl methyl sites for hydroxylation is 2. The van der Waals surface area contributed by atoms with Gasteiger partial charge in [0.05, 0.1) is 32.0 Å². The van der Waals surface area contributed by atoms with E-state index in [1.165, 1.54) is 184 Å². The van der Waals surface area contributed by atoms with Gasteiger partial charge in [0, 0.05) is 59.9 Å². The minimum absolute atomic E-state index is 0.634. The van der Waals surface area contributed by atoms with Crippen molar-refractivity contribution < 1.29 is 9.47 Å². The smallest absolute Gasteiger partial charge is 0.119 e. The Bertz CT molecular complexity index is 4230. The third kappa shape index (κ3) is 9.68. The van der Waals surface area contributed by atoms with Crippen LogP contribution in [0.3, 0.4) is 0 Å². The van der Waals surface area contributed by atoms with Crippen molar-refractivity contribution in [3.8, 4) is 32.4 Å². The first-order valence-corrected chi connectivity index (χ1v) is 33.0. The SMILES string of the molecule is CCCCC(CC)COc1ccc2c(ccc3sc4c(sc5ccc6cc(OCC(CC)CCCC)ccc6c54)c32)c1.Cc1ccc(-c2ccc3c(ccc4sc5c(sc6ccc7cc(-c8ccc(C)s8)ccc7c65)c43)c2)s1. The number of hydrogen-bond donors (Lipinski definition) is 0. The molecule has 8 aromatic carbocycles. The van der Waals surface area contributed by atoms with Gasteiger partial charge in [0.1, 0.15) is 11.5 Å². The Morgan fingerprint density at radius 1 is 0.359 bits per heavy atom. The van der Waals surface area contributed by atoms with Crippen LogP contribution >= 0.6 is 68.0 Å². The van der Waals surface area contributed by atoms with Crippen molar-refractivity contribution >= 4 is 170 Å². The van der Waals surface area contributed by atoms with E-state index in [0.29, 0.717) is 11.8 Å². The normalized spacial score (nSPS) is 12.9. The van der Waals surface area contributed by atoms with Gasteiger partial charge in [-0.2, -0.15) is 0 Å². The molecular formula is C70H64O2S6. The molecule has 0 saturated carbocycles. The molecule has 0 aliphatic heterocycles. The van der Waals surface area contributed by atoms with E-state index >= 15 is 0 Å². The molecule has 78 heavy (non-hydrogen) atoms. The summed E-state index contributed by atoms with van der Waals surface area (Å²) in [6.07, 6.45) is 9.91. The lowest BCUT2D eigenvalue weighted by atomic mass is 10.0. The minimum atomic E-state index is 0.634. The third-order valence-electron chi connectivity index (χ3n) is 16.1. The van der Waals surface area contributed by atoms with Crippen molar-refractivity contribution in [2.24, 2.45) is 11.8 Å². The first-order chi connectivity index (χ1) is 38.2. The van der Waals surface area contributed by atoms with Crippen molar-refractivity contribution in [3.05, 3.63) is 155 Å². The summed E-state index contributed by atoms with van der Waals surface area (Å²) in [4.78, 5) is 5.40. The largest absolute Gasteiger partial charge is 0.493 e. The quantitative estimate of drug-likeness (QED) is 0.0960. The van der Waals surface area contributed by atoms with E-state index in [4.69, 9.17) is 9.47 Å². The molecule has 0 spiro atoms. The van der Waals surface area contributed by atoms with E-state index in [1.54, 1.807) is 0 Å². The van der Waals surface area contributed by atoms with Crippen LogP contribution in [0.2, 0.25) is 0 Å². The molecule has 0 aliphatic carbocycles. The number of hydrogen-bond acceptors (Lipinski definition) is 8. The molecule has 0 saturated heterocycles. The molecule has 0 fully saturated rings. The highest BCUT2D eigenvalue weighted by Crippen LogP contribution is 2.51. The molecule has 0 bridgehead atoms. The van der Waals surface area contributed by atoms with E-state index in [2.05, 4.69) is 187 Å². The maximum absolute atomic E-state index is 6.30. The summed E-state index contributed by atoms with van der Waals surface area (Å²) >= 11 is 11.5. The molecule has 0 aliphatic rings. The minimum Gasteiger partial charge on any atom is -0.493 e. The lowest BCUT2D eigenvalue weighted by Crippen LogP contribution is -2.11. The Morgan fingerprint density at radius 2 is 0.705 bits per heavy atom. The average molecular weight is 1130 g/mol. The molecule has 8 heteroatoms. The van der Waals surface area contributed by atoms with Crippen LogP contribution in [-0.4, -0.2) is 13.2 Å². The van der Waals surface area contributed by atoms with Gasteiger partial charge in [0.2, 0.25) is 0 Å². The molecule has 14 aromatic rings. The summed E-state index contributed by atoms with van der Waals surface area (Å²) in [5, 5.41) is 16.2. The van der Waals surface area contributed by atoms with Crippen LogP contribution in [0.1, 0.15) is 88.8 Å². The van der Waals surface area contributed by atoms with Crippen molar-refractivity contribution in [2.75, 3.05) is 13.2 Å². The number of fused-ring (bicyclic) bond motifs is 18. The summed E-state index contributed by atoms with van der Waals surface area (Å²) < 4.78 is 23.8. The standard InChI is InChI=1S/C38H44O2S2.C32H20S4/c1-5-9-11-25(7-3)23-39-29-15-17-31-27(21-29)13-19-33-35(31)37-38(41-33)36-32-18-16-30(22-28(32)14-20-34(36)42-37)40-24-26(8-4)12-10-6-2;1-17-3-11-25(33-17)21-5-9-23-19(15-21)7-13-27-29(23)31-32(35-27)30-24-10-6-22(26-12-4-18(2)34-26)16-20(24)8-14-28(30)36-31/h13-22,25-26H,5-12,23-24H2,1-4H3;3-16H,1-2H3. The number of benzene rings is 8. The molecule has 2 unspecified atom stereocenters. The first kappa shape index (κ1) is 51.6. The summed E-state index contributed by atoms with van der Waals surface area (Å²) in [5.41, 5.74) is 2.62. The van der Waals surface area contributed by atoms with E-state index in [0.717, 1.165) is 24.7 Å². The monoisotopic (exact) mass is 1130 g/mol. The predicted molar refractivity (Wildman–Crippen MR) is 353 cm³/mol. The summed E-state index contributed by atoms with van der Waals surface area (Å²) in [5.74, 6) is 3.24. The Labute approximate surface area is 481 Å². The highest BCUT2D eigenvalue weighted by Gasteiger charge is 2.20. The van der Waals surface area contributed by atoms with E-state index in [-0.39, 0.29) is 0 Å². The summed E-state index contributed by atoms with van der Waals surface area (Å²) in [7, 11) is 0. The molecule has 2 atom stereocenters. The lowest BCUT2D eigenvalue weighted by Gasteiger charge is -2.16. The fourth-order valence-corrected chi connectivity index (χ4v) is 18.9. The van der Waals surface area contributed by atoms with Crippen molar-refractivity contribution in [1.29, 1.82) is 0 Å². The predicted octanol–water partition coefficient (Wildman–Crippen LogP) is 24.4. The topological polar surface area (TPSA) is 18.5 Å².